The summed E-state index contributed by atoms with van der Waals surface area (Å²) in [6.07, 6.45) is 3.37. The number of aliphatic hydroxyl groups is 1. The van der Waals surface area contributed by atoms with Crippen LogP contribution in [-0.4, -0.2) is 34.3 Å². The summed E-state index contributed by atoms with van der Waals surface area (Å²) in [5.41, 5.74) is -0.728. The summed E-state index contributed by atoms with van der Waals surface area (Å²) in [7, 11) is 1.85. The molecule has 0 aromatic carbocycles. The Morgan fingerprint density at radius 3 is 2.38 bits per heavy atom. The van der Waals surface area contributed by atoms with Crippen LogP contribution in [0, 0.1) is 0 Å². The van der Waals surface area contributed by atoms with Crippen LogP contribution in [-0.2, 0) is 0 Å². The molecule has 1 rings (SSSR count). The molecule has 0 radical (unpaired) electrons. The first-order valence-corrected chi connectivity index (χ1v) is 4.19. The van der Waals surface area contributed by atoms with Gasteiger partial charge in [0.25, 0.3) is 0 Å². The molecule has 72 valence electrons. The Bertz CT molecular complexity index is 255. The number of anilines is 1. The van der Waals surface area contributed by atoms with Crippen molar-refractivity contribution in [3.63, 3.8) is 0 Å². The zero-order valence-electron chi connectivity index (χ0n) is 8.23. The number of hydrogen-bond donors (Lipinski definition) is 1. The first kappa shape index (κ1) is 9.92. The van der Waals surface area contributed by atoms with Crippen molar-refractivity contribution in [3.8, 4) is 0 Å². The third kappa shape index (κ3) is 3.38. The molecule has 0 saturated heterocycles. The molecule has 13 heavy (non-hydrogen) atoms. The standard InChI is InChI=1S/C9H15N3O/c1-9(2,13)7-12(3)8-10-5-4-6-11-8/h4-6,13H,7H2,1-3H3. The van der Waals surface area contributed by atoms with Crippen LogP contribution in [0.5, 0.6) is 0 Å². The Labute approximate surface area is 78.2 Å². The van der Waals surface area contributed by atoms with Crippen molar-refractivity contribution >= 4 is 5.95 Å². The summed E-state index contributed by atoms with van der Waals surface area (Å²) in [4.78, 5) is 9.95. The highest BCUT2D eigenvalue weighted by Crippen LogP contribution is 2.08. The smallest absolute Gasteiger partial charge is 0.225 e. The maximum absolute atomic E-state index is 9.55. The molecule has 0 spiro atoms. The predicted octanol–water partition coefficient (Wildman–Crippen LogP) is 0.684. The van der Waals surface area contributed by atoms with Crippen LogP contribution >= 0.6 is 0 Å². The summed E-state index contributed by atoms with van der Waals surface area (Å²) >= 11 is 0. The van der Waals surface area contributed by atoms with Crippen LogP contribution < -0.4 is 4.90 Å². The monoisotopic (exact) mass is 181 g/mol. The number of nitrogens with zero attached hydrogens (tertiary/aromatic N) is 3. The summed E-state index contributed by atoms with van der Waals surface area (Å²) in [6, 6.07) is 1.77. The summed E-state index contributed by atoms with van der Waals surface area (Å²) < 4.78 is 0. The molecule has 1 heterocycles. The molecule has 4 nitrogen and oxygen atoms in total. The molecule has 0 aliphatic carbocycles. The van der Waals surface area contributed by atoms with E-state index in [9.17, 15) is 5.11 Å². The topological polar surface area (TPSA) is 49.2 Å². The number of hydrogen-bond acceptors (Lipinski definition) is 4. The molecule has 0 aliphatic rings. The van der Waals surface area contributed by atoms with Crippen LogP contribution in [0.2, 0.25) is 0 Å². The van der Waals surface area contributed by atoms with Gasteiger partial charge in [-0.2, -0.15) is 0 Å². The van der Waals surface area contributed by atoms with E-state index in [-0.39, 0.29) is 0 Å². The van der Waals surface area contributed by atoms with Crippen LogP contribution in [0.3, 0.4) is 0 Å². The third-order valence-electron chi connectivity index (χ3n) is 1.52. The molecule has 0 fully saturated rings. The number of aromatic nitrogens is 2. The summed E-state index contributed by atoms with van der Waals surface area (Å²) in [6.45, 7) is 4.02. The van der Waals surface area contributed by atoms with Crippen LogP contribution in [0.25, 0.3) is 0 Å². The lowest BCUT2D eigenvalue weighted by atomic mass is 10.1. The average molecular weight is 181 g/mol. The van der Waals surface area contributed by atoms with Crippen LogP contribution in [0.4, 0.5) is 5.95 Å². The Balaban J connectivity index is 2.64. The van der Waals surface area contributed by atoms with E-state index in [0.29, 0.717) is 12.5 Å². The second-order valence-corrected chi connectivity index (χ2v) is 3.72. The van der Waals surface area contributed by atoms with Gasteiger partial charge in [0.05, 0.1) is 5.60 Å². The largest absolute Gasteiger partial charge is 0.389 e. The molecule has 1 aromatic rings. The van der Waals surface area contributed by atoms with E-state index in [1.54, 1.807) is 32.3 Å². The first-order chi connectivity index (χ1) is 5.99. The SMILES string of the molecule is CN(CC(C)(C)O)c1ncccn1. The van der Waals surface area contributed by atoms with Crippen molar-refractivity contribution in [1.82, 2.24) is 9.97 Å². The second-order valence-electron chi connectivity index (χ2n) is 3.72. The van der Waals surface area contributed by atoms with Crippen molar-refractivity contribution in [2.75, 3.05) is 18.5 Å². The predicted molar refractivity (Wildman–Crippen MR) is 51.6 cm³/mol. The average Bonchev–Trinajstić information content (AvgIpc) is 2.03. The minimum absolute atomic E-state index is 0.511. The summed E-state index contributed by atoms with van der Waals surface area (Å²) in [5.74, 6) is 0.629. The molecule has 1 aromatic heterocycles. The summed E-state index contributed by atoms with van der Waals surface area (Å²) in [5, 5.41) is 9.55. The lowest BCUT2D eigenvalue weighted by Crippen LogP contribution is -2.37. The fraction of sp³-hybridized carbons (Fsp3) is 0.556. The van der Waals surface area contributed by atoms with Crippen molar-refractivity contribution in [2.45, 2.75) is 19.4 Å². The molecule has 0 amide bonds. The second kappa shape index (κ2) is 3.70. The lowest BCUT2D eigenvalue weighted by molar-refractivity contribution is 0.0883. The van der Waals surface area contributed by atoms with E-state index >= 15 is 0 Å². The number of likely N-dealkylation sites (N-methyl/N-ethyl adjacent to an activating group) is 1. The maximum Gasteiger partial charge on any atom is 0.225 e. The molecule has 0 bridgehead atoms. The Kier molecular flexibility index (Phi) is 2.83. The first-order valence-electron chi connectivity index (χ1n) is 4.19. The molecule has 4 heteroatoms. The van der Waals surface area contributed by atoms with Crippen LogP contribution in [0.15, 0.2) is 18.5 Å². The minimum Gasteiger partial charge on any atom is -0.389 e. The van der Waals surface area contributed by atoms with Gasteiger partial charge in [-0.25, -0.2) is 9.97 Å². The molecule has 0 aliphatic heterocycles. The third-order valence-corrected chi connectivity index (χ3v) is 1.52. The highest BCUT2D eigenvalue weighted by molar-refractivity contribution is 5.27. The van der Waals surface area contributed by atoms with Gasteiger partial charge in [0.15, 0.2) is 0 Å². The highest BCUT2D eigenvalue weighted by atomic mass is 16.3. The van der Waals surface area contributed by atoms with E-state index in [1.165, 1.54) is 0 Å². The van der Waals surface area contributed by atoms with Crippen molar-refractivity contribution < 1.29 is 5.11 Å². The van der Waals surface area contributed by atoms with E-state index < -0.39 is 5.60 Å². The van der Waals surface area contributed by atoms with Gasteiger partial charge in [0.2, 0.25) is 5.95 Å². The molecule has 1 N–H and O–H groups in total. The minimum atomic E-state index is -0.728. The van der Waals surface area contributed by atoms with Gasteiger partial charge in [0, 0.05) is 26.0 Å². The van der Waals surface area contributed by atoms with Gasteiger partial charge in [0.1, 0.15) is 0 Å². The van der Waals surface area contributed by atoms with Gasteiger partial charge >= 0.3 is 0 Å². The molecule has 0 unspecified atom stereocenters. The quantitative estimate of drug-likeness (QED) is 0.745. The zero-order valence-corrected chi connectivity index (χ0v) is 8.23. The molecular formula is C9H15N3O. The Hall–Kier alpha value is -1.16. The van der Waals surface area contributed by atoms with E-state index in [4.69, 9.17) is 0 Å². The van der Waals surface area contributed by atoms with Crippen LogP contribution in [0.1, 0.15) is 13.8 Å². The van der Waals surface area contributed by atoms with Gasteiger partial charge in [-0.15, -0.1) is 0 Å². The van der Waals surface area contributed by atoms with Crippen molar-refractivity contribution in [1.29, 1.82) is 0 Å². The Morgan fingerprint density at radius 1 is 1.38 bits per heavy atom. The fourth-order valence-electron chi connectivity index (χ4n) is 1.14. The lowest BCUT2D eigenvalue weighted by Gasteiger charge is -2.25. The Morgan fingerprint density at radius 2 is 1.92 bits per heavy atom. The fourth-order valence-corrected chi connectivity index (χ4v) is 1.14. The van der Waals surface area contributed by atoms with E-state index in [1.807, 2.05) is 11.9 Å². The van der Waals surface area contributed by atoms with Gasteiger partial charge in [-0.3, -0.25) is 0 Å². The van der Waals surface area contributed by atoms with Gasteiger partial charge in [-0.05, 0) is 19.9 Å². The highest BCUT2D eigenvalue weighted by Gasteiger charge is 2.16. The zero-order chi connectivity index (χ0) is 9.90. The molecular weight excluding hydrogens is 166 g/mol. The normalized spacial score (nSPS) is 11.4. The maximum atomic E-state index is 9.55. The molecule has 0 atom stereocenters. The van der Waals surface area contributed by atoms with Gasteiger partial charge in [-0.1, -0.05) is 0 Å². The number of rotatable bonds is 3. The van der Waals surface area contributed by atoms with E-state index in [2.05, 4.69) is 9.97 Å². The molecule has 0 saturated carbocycles. The van der Waals surface area contributed by atoms with Gasteiger partial charge < -0.3 is 10.0 Å². The van der Waals surface area contributed by atoms with Crippen molar-refractivity contribution in [3.05, 3.63) is 18.5 Å². The van der Waals surface area contributed by atoms with Crippen molar-refractivity contribution in [2.24, 2.45) is 0 Å². The van der Waals surface area contributed by atoms with E-state index in [0.717, 1.165) is 0 Å².